The van der Waals surface area contributed by atoms with Gasteiger partial charge < -0.3 is 14.4 Å². The molecule has 0 bridgehead atoms. The molecule has 2 aromatic rings. The van der Waals surface area contributed by atoms with Crippen molar-refractivity contribution in [2.75, 3.05) is 27.4 Å². The van der Waals surface area contributed by atoms with Crippen LogP contribution in [0.2, 0.25) is 0 Å². The van der Waals surface area contributed by atoms with Gasteiger partial charge in [0.25, 0.3) is 5.91 Å². The van der Waals surface area contributed by atoms with Gasteiger partial charge >= 0.3 is 0 Å². The monoisotopic (exact) mass is 349 g/mol. The molecule has 7 heteroatoms. The molecule has 0 fully saturated rings. The van der Waals surface area contributed by atoms with Crippen LogP contribution < -0.4 is 4.74 Å². The van der Waals surface area contributed by atoms with E-state index >= 15 is 0 Å². The van der Waals surface area contributed by atoms with Gasteiger partial charge in [-0.1, -0.05) is 0 Å². The van der Waals surface area contributed by atoms with Gasteiger partial charge in [0.15, 0.2) is 0 Å². The van der Waals surface area contributed by atoms with E-state index in [1.807, 2.05) is 20.8 Å². The van der Waals surface area contributed by atoms with Crippen molar-refractivity contribution in [3.8, 4) is 5.88 Å². The minimum absolute atomic E-state index is 0.0734. The van der Waals surface area contributed by atoms with Gasteiger partial charge in [-0.25, -0.2) is 9.97 Å². The minimum atomic E-state index is -0.131. The summed E-state index contributed by atoms with van der Waals surface area (Å²) in [7, 11) is 3.39. The number of nitrogens with zero attached hydrogens (tertiary/aromatic N) is 3. The molecule has 1 atom stereocenters. The molecule has 2 heterocycles. The van der Waals surface area contributed by atoms with E-state index in [-0.39, 0.29) is 11.9 Å². The summed E-state index contributed by atoms with van der Waals surface area (Å²) in [5.74, 6) is 0.198. The molecule has 0 aliphatic rings. The normalized spacial score (nSPS) is 12.0. The first-order valence-electron chi connectivity index (χ1n) is 7.73. The minimum Gasteiger partial charge on any atom is -0.475 e. The molecule has 130 valence electrons. The summed E-state index contributed by atoms with van der Waals surface area (Å²) in [6, 6.07) is 3.39. The number of thiazole rings is 1. The lowest BCUT2D eigenvalue weighted by molar-refractivity contribution is 0.0736. The van der Waals surface area contributed by atoms with Gasteiger partial charge in [-0.15, -0.1) is 11.3 Å². The van der Waals surface area contributed by atoms with E-state index < -0.39 is 0 Å². The van der Waals surface area contributed by atoms with Crippen LogP contribution in [0.4, 0.5) is 0 Å². The molecule has 0 aliphatic carbocycles. The molecule has 1 amide bonds. The fraction of sp³-hybridized carbons (Fsp3) is 0.471. The quantitative estimate of drug-likeness (QED) is 0.719. The summed E-state index contributed by atoms with van der Waals surface area (Å²) in [4.78, 5) is 24.3. The third kappa shape index (κ3) is 4.10. The van der Waals surface area contributed by atoms with Gasteiger partial charge in [0, 0.05) is 25.2 Å². The highest BCUT2D eigenvalue weighted by molar-refractivity contribution is 7.11. The third-order valence-corrected chi connectivity index (χ3v) is 4.99. The molecule has 0 radical (unpaired) electrons. The van der Waals surface area contributed by atoms with Crippen LogP contribution in [-0.2, 0) is 4.74 Å². The van der Waals surface area contributed by atoms with Gasteiger partial charge in [-0.3, -0.25) is 4.79 Å². The van der Waals surface area contributed by atoms with Gasteiger partial charge in [-0.2, -0.15) is 0 Å². The van der Waals surface area contributed by atoms with Crippen molar-refractivity contribution in [2.45, 2.75) is 26.8 Å². The molecule has 2 aromatic heterocycles. The highest BCUT2D eigenvalue weighted by Crippen LogP contribution is 2.30. The third-order valence-electron chi connectivity index (χ3n) is 3.75. The summed E-state index contributed by atoms with van der Waals surface area (Å²) in [6.07, 6.45) is 1.61. The Bertz CT molecular complexity index is 702. The van der Waals surface area contributed by atoms with Crippen molar-refractivity contribution < 1.29 is 14.3 Å². The maximum absolute atomic E-state index is 12.9. The van der Waals surface area contributed by atoms with Crippen LogP contribution in [0.1, 0.15) is 38.9 Å². The van der Waals surface area contributed by atoms with Gasteiger partial charge in [0.1, 0.15) is 12.2 Å². The summed E-state index contributed by atoms with van der Waals surface area (Å²) in [5.41, 5.74) is 1.41. The highest BCUT2D eigenvalue weighted by atomic mass is 32.1. The number of aromatic nitrogens is 2. The smallest absolute Gasteiger partial charge is 0.259 e. The summed E-state index contributed by atoms with van der Waals surface area (Å²) < 4.78 is 10.5. The van der Waals surface area contributed by atoms with Crippen LogP contribution in [-0.4, -0.2) is 48.1 Å². The molecular formula is C17H23N3O3S. The molecule has 0 saturated heterocycles. The molecule has 1 unspecified atom stereocenters. The lowest BCUT2D eigenvalue weighted by Crippen LogP contribution is -2.30. The SMILES string of the molecule is COCCOc1ncccc1C(=O)N(C)C(C)c1sc(C)nc1C. The van der Waals surface area contributed by atoms with Crippen LogP contribution in [0.3, 0.4) is 0 Å². The number of ether oxygens (including phenoxy) is 2. The first kappa shape index (κ1) is 18.4. The zero-order valence-corrected chi connectivity index (χ0v) is 15.5. The Labute approximate surface area is 146 Å². The molecule has 0 aromatic carbocycles. The molecule has 0 saturated carbocycles. The second-order valence-electron chi connectivity index (χ2n) is 5.47. The predicted octanol–water partition coefficient (Wildman–Crippen LogP) is 3.01. The lowest BCUT2D eigenvalue weighted by Gasteiger charge is -2.25. The number of hydrogen-bond acceptors (Lipinski definition) is 6. The maximum atomic E-state index is 12.9. The summed E-state index contributed by atoms with van der Waals surface area (Å²) in [5, 5.41) is 1.00. The maximum Gasteiger partial charge on any atom is 0.259 e. The van der Waals surface area contributed by atoms with Crippen molar-refractivity contribution in [3.63, 3.8) is 0 Å². The van der Waals surface area contributed by atoms with E-state index in [9.17, 15) is 4.79 Å². The van der Waals surface area contributed by atoms with Crippen molar-refractivity contribution in [3.05, 3.63) is 39.5 Å². The number of carbonyl (C=O) groups excluding carboxylic acids is 1. The molecule has 2 rings (SSSR count). The van der Waals surface area contributed by atoms with Crippen molar-refractivity contribution in [2.24, 2.45) is 0 Å². The Morgan fingerprint density at radius 3 is 2.75 bits per heavy atom. The Hall–Kier alpha value is -1.99. The summed E-state index contributed by atoms with van der Waals surface area (Å²) >= 11 is 1.62. The largest absolute Gasteiger partial charge is 0.475 e. The number of hydrogen-bond donors (Lipinski definition) is 0. The number of carbonyl (C=O) groups is 1. The lowest BCUT2D eigenvalue weighted by atomic mass is 10.1. The number of methoxy groups -OCH3 is 1. The van der Waals surface area contributed by atoms with E-state index in [1.165, 1.54) is 0 Å². The first-order valence-corrected chi connectivity index (χ1v) is 8.55. The number of rotatable bonds is 7. The van der Waals surface area contributed by atoms with E-state index in [0.29, 0.717) is 24.7 Å². The van der Waals surface area contributed by atoms with Crippen LogP contribution >= 0.6 is 11.3 Å². The predicted molar refractivity (Wildman–Crippen MR) is 93.7 cm³/mol. The number of aryl methyl sites for hydroxylation is 2. The Morgan fingerprint density at radius 2 is 2.12 bits per heavy atom. The second kappa shape index (κ2) is 8.21. The van der Waals surface area contributed by atoms with Crippen LogP contribution in [0, 0.1) is 13.8 Å². The first-order chi connectivity index (χ1) is 11.5. The molecule has 0 aliphatic heterocycles. The second-order valence-corrected chi connectivity index (χ2v) is 6.71. The fourth-order valence-corrected chi connectivity index (χ4v) is 3.39. The summed E-state index contributed by atoms with van der Waals surface area (Å²) in [6.45, 7) is 6.73. The molecule has 0 N–H and O–H groups in total. The zero-order valence-electron chi connectivity index (χ0n) is 14.7. The average Bonchev–Trinajstić information content (AvgIpc) is 2.92. The van der Waals surface area contributed by atoms with Crippen LogP contribution in [0.15, 0.2) is 18.3 Å². The van der Waals surface area contributed by atoms with Gasteiger partial charge in [0.2, 0.25) is 5.88 Å². The Morgan fingerprint density at radius 1 is 1.38 bits per heavy atom. The average molecular weight is 349 g/mol. The Kier molecular flexibility index (Phi) is 6.28. The molecular weight excluding hydrogens is 326 g/mol. The van der Waals surface area contributed by atoms with E-state index in [0.717, 1.165) is 15.6 Å². The molecule has 24 heavy (non-hydrogen) atoms. The van der Waals surface area contributed by atoms with Crippen molar-refractivity contribution >= 4 is 17.2 Å². The zero-order chi connectivity index (χ0) is 17.7. The topological polar surface area (TPSA) is 64.6 Å². The van der Waals surface area contributed by atoms with Gasteiger partial charge in [0.05, 0.1) is 23.4 Å². The molecule has 6 nitrogen and oxygen atoms in total. The van der Waals surface area contributed by atoms with E-state index in [4.69, 9.17) is 9.47 Å². The number of pyridine rings is 1. The number of amides is 1. The van der Waals surface area contributed by atoms with Crippen LogP contribution in [0.5, 0.6) is 5.88 Å². The van der Waals surface area contributed by atoms with Crippen LogP contribution in [0.25, 0.3) is 0 Å². The van der Waals surface area contributed by atoms with E-state index in [2.05, 4.69) is 9.97 Å². The fourth-order valence-electron chi connectivity index (χ4n) is 2.37. The Balaban J connectivity index is 2.20. The highest BCUT2D eigenvalue weighted by Gasteiger charge is 2.25. The molecule has 0 spiro atoms. The van der Waals surface area contributed by atoms with E-state index in [1.54, 1.807) is 48.7 Å². The van der Waals surface area contributed by atoms with Crippen molar-refractivity contribution in [1.29, 1.82) is 0 Å². The van der Waals surface area contributed by atoms with Crippen molar-refractivity contribution in [1.82, 2.24) is 14.9 Å². The van der Waals surface area contributed by atoms with Gasteiger partial charge in [-0.05, 0) is 32.9 Å². The standard InChI is InChI=1S/C17H23N3O3S/c1-11-15(24-13(3)19-11)12(2)20(4)17(21)14-7-6-8-18-16(14)23-10-9-22-5/h6-8,12H,9-10H2,1-5H3.